The molecular weight excluding hydrogens is 406 g/mol. The Hall–Kier alpha value is -1.72. The Morgan fingerprint density at radius 3 is 2.75 bits per heavy atom. The van der Waals surface area contributed by atoms with Crippen LogP contribution in [0.1, 0.15) is 13.3 Å². The first-order valence-electron chi connectivity index (χ1n) is 6.82. The van der Waals surface area contributed by atoms with Crippen molar-refractivity contribution in [1.29, 1.82) is 0 Å². The molecule has 1 aromatic heterocycles. The number of pyridine rings is 1. The van der Waals surface area contributed by atoms with E-state index in [-0.39, 0.29) is 13.0 Å². The van der Waals surface area contributed by atoms with Crippen molar-refractivity contribution in [2.75, 3.05) is 17.7 Å². The summed E-state index contributed by atoms with van der Waals surface area (Å²) in [7, 11) is -3.87. The number of carbonyl (C=O) groups excluding carboxylic acids is 2. The molecule has 2 unspecified atom stereocenters. The first-order chi connectivity index (χ1) is 11.1. The Bertz CT molecular complexity index is 753. The lowest BCUT2D eigenvalue weighted by atomic mass is 10.0. The van der Waals surface area contributed by atoms with Gasteiger partial charge in [0.25, 0.3) is 5.91 Å². The molecule has 132 valence electrons. The summed E-state index contributed by atoms with van der Waals surface area (Å²) in [4.78, 5) is 29.2. The smallest absolute Gasteiger partial charge is 0.415 e. The van der Waals surface area contributed by atoms with Gasteiger partial charge in [0.2, 0.25) is 0 Å². The number of hydroxylamine groups is 1. The average molecular weight is 422 g/mol. The third-order valence-corrected chi connectivity index (χ3v) is 6.34. The number of anilines is 1. The van der Waals surface area contributed by atoms with Gasteiger partial charge in [-0.1, -0.05) is 0 Å². The topological polar surface area (TPSA) is 126 Å². The maximum Gasteiger partial charge on any atom is 0.415 e. The van der Waals surface area contributed by atoms with Gasteiger partial charge in [-0.3, -0.25) is 14.9 Å². The predicted octanol–water partition coefficient (Wildman–Crippen LogP) is 0.868. The van der Waals surface area contributed by atoms with Gasteiger partial charge in [0.1, 0.15) is 11.9 Å². The highest BCUT2D eigenvalue weighted by atomic mass is 79.9. The normalized spacial score (nSPS) is 20.4. The van der Waals surface area contributed by atoms with Crippen LogP contribution < -0.4 is 10.4 Å². The Morgan fingerprint density at radius 1 is 1.58 bits per heavy atom. The lowest BCUT2D eigenvalue weighted by Gasteiger charge is -2.26. The van der Waals surface area contributed by atoms with Crippen LogP contribution in [0.15, 0.2) is 22.8 Å². The number of hydrogen-bond acceptors (Lipinski definition) is 7. The van der Waals surface area contributed by atoms with Crippen LogP contribution in [0.25, 0.3) is 0 Å². The molecule has 0 spiro atoms. The van der Waals surface area contributed by atoms with Gasteiger partial charge in [-0.2, -0.15) is 0 Å². The number of nitrogens with zero attached hydrogens (tertiary/aromatic N) is 2. The molecule has 11 heteroatoms. The summed E-state index contributed by atoms with van der Waals surface area (Å²) in [5.41, 5.74) is 1.36. The van der Waals surface area contributed by atoms with Crippen molar-refractivity contribution in [3.8, 4) is 0 Å². The molecule has 2 N–H and O–H groups in total. The molecule has 1 aromatic rings. The van der Waals surface area contributed by atoms with Gasteiger partial charge < -0.3 is 4.74 Å². The molecule has 1 aliphatic rings. The highest BCUT2D eigenvalue weighted by Gasteiger charge is 2.48. The molecule has 1 saturated heterocycles. The van der Waals surface area contributed by atoms with Crippen molar-refractivity contribution in [3.63, 3.8) is 0 Å². The van der Waals surface area contributed by atoms with Crippen LogP contribution in [0.4, 0.5) is 10.6 Å². The number of hydrogen-bond donors (Lipinski definition) is 2. The van der Waals surface area contributed by atoms with Gasteiger partial charge in [-0.25, -0.2) is 23.7 Å². The maximum absolute atomic E-state index is 12.0. The number of carbonyl (C=O) groups is 2. The van der Waals surface area contributed by atoms with Gasteiger partial charge in [-0.05, 0) is 35.0 Å². The first kappa shape index (κ1) is 18.6. The van der Waals surface area contributed by atoms with E-state index < -0.39 is 32.7 Å². The van der Waals surface area contributed by atoms with Gasteiger partial charge in [-0.15, -0.1) is 0 Å². The zero-order valence-electron chi connectivity index (χ0n) is 12.9. The predicted molar refractivity (Wildman–Crippen MR) is 87.3 cm³/mol. The third-order valence-electron chi connectivity index (χ3n) is 3.88. The molecule has 0 aliphatic carbocycles. The van der Waals surface area contributed by atoms with Crippen LogP contribution in [0, 0.1) is 0 Å². The van der Waals surface area contributed by atoms with E-state index in [1.165, 1.54) is 23.5 Å². The van der Waals surface area contributed by atoms with E-state index >= 15 is 0 Å². The fourth-order valence-electron chi connectivity index (χ4n) is 2.31. The summed E-state index contributed by atoms with van der Waals surface area (Å²) >= 11 is 3.23. The maximum atomic E-state index is 12.0. The number of sulfone groups is 1. The lowest BCUT2D eigenvalue weighted by Crippen LogP contribution is -2.51. The molecule has 1 aliphatic heterocycles. The van der Waals surface area contributed by atoms with Crippen LogP contribution in [-0.2, 0) is 19.4 Å². The molecule has 1 fully saturated rings. The number of nitrogens with one attached hydrogen (secondary N) is 1. The number of ether oxygens (including phenoxy) is 1. The van der Waals surface area contributed by atoms with Crippen molar-refractivity contribution in [1.82, 2.24) is 10.5 Å². The lowest BCUT2D eigenvalue weighted by molar-refractivity contribution is -0.132. The highest BCUT2D eigenvalue weighted by molar-refractivity contribution is 9.10. The minimum Gasteiger partial charge on any atom is -0.444 e. The Kier molecular flexibility index (Phi) is 5.16. The van der Waals surface area contributed by atoms with Crippen molar-refractivity contribution in [2.45, 2.75) is 24.2 Å². The fourth-order valence-corrected chi connectivity index (χ4v) is 3.41. The monoisotopic (exact) mass is 421 g/mol. The molecule has 2 atom stereocenters. The van der Waals surface area contributed by atoms with E-state index in [0.29, 0.717) is 5.82 Å². The SMILES string of the molecule is CC(CC1CN(c2ccc(Br)cn2)C(=O)O1)(C(=O)NO)S(C)(=O)=O. The summed E-state index contributed by atoms with van der Waals surface area (Å²) in [5.74, 6) is -0.736. The standard InChI is InChI=1S/C13H16BrN3O6S/c1-13(11(18)16-20,24(2,21)22)5-9-7-17(12(19)23-9)10-4-3-8(14)6-15-10/h3-4,6,9,20H,5,7H2,1-2H3,(H,16,18). The fraction of sp³-hybridized carbons (Fsp3) is 0.462. The van der Waals surface area contributed by atoms with E-state index in [9.17, 15) is 18.0 Å². The van der Waals surface area contributed by atoms with Gasteiger partial charge >= 0.3 is 6.09 Å². The van der Waals surface area contributed by atoms with E-state index in [1.807, 2.05) is 0 Å². The largest absolute Gasteiger partial charge is 0.444 e. The van der Waals surface area contributed by atoms with E-state index in [0.717, 1.165) is 10.7 Å². The van der Waals surface area contributed by atoms with Crippen molar-refractivity contribution < 1.29 is 28.0 Å². The second kappa shape index (κ2) is 6.65. The van der Waals surface area contributed by atoms with Crippen LogP contribution in [-0.4, -0.2) is 54.3 Å². The van der Waals surface area contributed by atoms with Crippen LogP contribution in [0.5, 0.6) is 0 Å². The van der Waals surface area contributed by atoms with Gasteiger partial charge in [0.05, 0.1) is 6.54 Å². The van der Waals surface area contributed by atoms with Crippen LogP contribution >= 0.6 is 15.9 Å². The summed E-state index contributed by atoms with van der Waals surface area (Å²) < 4.78 is 27.9. The van der Waals surface area contributed by atoms with Gasteiger partial charge in [0.15, 0.2) is 14.6 Å². The zero-order valence-corrected chi connectivity index (χ0v) is 15.3. The third kappa shape index (κ3) is 3.52. The second-order valence-electron chi connectivity index (χ2n) is 5.60. The van der Waals surface area contributed by atoms with Crippen LogP contribution in [0.2, 0.25) is 0 Å². The quantitative estimate of drug-likeness (QED) is 0.533. The minimum absolute atomic E-state index is 0.0390. The molecule has 0 bridgehead atoms. The van der Waals surface area contributed by atoms with Crippen molar-refractivity contribution in [3.05, 3.63) is 22.8 Å². The van der Waals surface area contributed by atoms with E-state index in [2.05, 4.69) is 20.9 Å². The Balaban J connectivity index is 2.21. The number of aromatic nitrogens is 1. The second-order valence-corrected chi connectivity index (χ2v) is 8.96. The minimum atomic E-state index is -3.87. The zero-order chi connectivity index (χ0) is 18.1. The molecule has 2 heterocycles. The van der Waals surface area contributed by atoms with E-state index in [4.69, 9.17) is 9.94 Å². The molecule has 2 amide bonds. The molecular formula is C13H16BrN3O6S. The van der Waals surface area contributed by atoms with Crippen molar-refractivity contribution in [2.24, 2.45) is 0 Å². The average Bonchev–Trinajstić information content (AvgIpc) is 2.86. The highest BCUT2D eigenvalue weighted by Crippen LogP contribution is 2.29. The molecule has 24 heavy (non-hydrogen) atoms. The molecule has 9 nitrogen and oxygen atoms in total. The van der Waals surface area contributed by atoms with E-state index in [1.54, 1.807) is 12.1 Å². The number of cyclic esters (lactones) is 1. The Labute approximate surface area is 147 Å². The number of halogens is 1. The summed E-state index contributed by atoms with van der Waals surface area (Å²) in [6.45, 7) is 1.21. The molecule has 0 saturated carbocycles. The van der Waals surface area contributed by atoms with Crippen molar-refractivity contribution >= 4 is 43.6 Å². The number of amides is 2. The van der Waals surface area contributed by atoms with Crippen LogP contribution in [0.3, 0.4) is 0 Å². The van der Waals surface area contributed by atoms with Gasteiger partial charge in [0, 0.05) is 23.3 Å². The Morgan fingerprint density at radius 2 is 2.25 bits per heavy atom. The summed E-state index contributed by atoms with van der Waals surface area (Å²) in [6, 6.07) is 3.30. The number of rotatable bonds is 5. The summed E-state index contributed by atoms with van der Waals surface area (Å²) in [6.07, 6.45) is 0.565. The molecule has 0 aromatic carbocycles. The summed E-state index contributed by atoms with van der Waals surface area (Å²) in [5, 5.41) is 8.82. The first-order valence-corrected chi connectivity index (χ1v) is 9.51. The molecule has 2 rings (SSSR count). The molecule has 0 radical (unpaired) electrons.